The van der Waals surface area contributed by atoms with Gasteiger partial charge >= 0.3 is 0 Å². The Morgan fingerprint density at radius 3 is 2.69 bits per heavy atom. The Kier molecular flexibility index (Phi) is 2.54. The van der Waals surface area contributed by atoms with Crippen LogP contribution in [-0.4, -0.2) is 18.7 Å². The summed E-state index contributed by atoms with van der Waals surface area (Å²) in [5, 5.41) is 0. The largest absolute Gasteiger partial charge is 0.493 e. The topological polar surface area (TPSA) is 43.4 Å². The van der Waals surface area contributed by atoms with E-state index in [4.69, 9.17) is 4.74 Å². The van der Waals surface area contributed by atoms with Crippen LogP contribution in [0.1, 0.15) is 20.3 Å². The van der Waals surface area contributed by atoms with E-state index in [0.717, 1.165) is 5.57 Å². The lowest BCUT2D eigenvalue weighted by molar-refractivity contribution is -0.118. The van der Waals surface area contributed by atoms with Crippen LogP contribution in [0.4, 0.5) is 0 Å². The maximum Gasteiger partial charge on any atom is 0.224 e. The molecule has 0 radical (unpaired) electrons. The number of hydrogen-bond donors (Lipinski definition) is 0. The number of ketones is 2. The number of methoxy groups -OCH3 is 1. The van der Waals surface area contributed by atoms with Crippen molar-refractivity contribution < 1.29 is 14.3 Å². The summed E-state index contributed by atoms with van der Waals surface area (Å²) >= 11 is 0. The second kappa shape index (κ2) is 3.74. The minimum Gasteiger partial charge on any atom is -0.493 e. The molecule has 0 aromatic carbocycles. The number of allylic oxidation sites excluding steroid dienone is 5. The van der Waals surface area contributed by atoms with Gasteiger partial charge in [-0.3, -0.25) is 9.59 Å². The molecular formula is C13H14O3. The molecular weight excluding hydrogens is 204 g/mol. The Hall–Kier alpha value is -1.64. The molecule has 0 aromatic rings. The average molecular weight is 218 g/mol. The third kappa shape index (κ3) is 1.43. The van der Waals surface area contributed by atoms with E-state index in [9.17, 15) is 9.59 Å². The van der Waals surface area contributed by atoms with Crippen LogP contribution in [0.3, 0.4) is 0 Å². The van der Waals surface area contributed by atoms with Crippen LogP contribution in [0, 0.1) is 5.92 Å². The first-order valence-corrected chi connectivity index (χ1v) is 5.30. The molecule has 0 N–H and O–H groups in total. The first kappa shape index (κ1) is 10.9. The van der Waals surface area contributed by atoms with Gasteiger partial charge in [0.1, 0.15) is 0 Å². The Morgan fingerprint density at radius 1 is 1.38 bits per heavy atom. The van der Waals surface area contributed by atoms with E-state index in [1.54, 1.807) is 0 Å². The van der Waals surface area contributed by atoms with Crippen LogP contribution in [-0.2, 0) is 14.3 Å². The molecule has 0 saturated carbocycles. The minimum atomic E-state index is -0.146. The summed E-state index contributed by atoms with van der Waals surface area (Å²) in [6.45, 7) is 3.94. The van der Waals surface area contributed by atoms with Crippen molar-refractivity contribution in [2.45, 2.75) is 20.3 Å². The monoisotopic (exact) mass is 218 g/mol. The Balaban J connectivity index is 2.47. The summed E-state index contributed by atoms with van der Waals surface area (Å²) in [6.07, 6.45) is 3.85. The standard InChI is InChI=1S/C13H14O3/c1-7-4-5-9-12(8(7)2)10(14)6-11(16-3)13(9)15/h4,6,8H,5H2,1-3H3. The summed E-state index contributed by atoms with van der Waals surface area (Å²) < 4.78 is 4.92. The SMILES string of the molecule is COC1=CC(=O)C2=C(CC=C(C)C2C)C1=O. The van der Waals surface area contributed by atoms with Gasteiger partial charge in [0.2, 0.25) is 5.78 Å². The first-order valence-electron chi connectivity index (χ1n) is 5.30. The van der Waals surface area contributed by atoms with Gasteiger partial charge in [-0.1, -0.05) is 18.6 Å². The highest BCUT2D eigenvalue weighted by molar-refractivity contribution is 6.22. The van der Waals surface area contributed by atoms with Gasteiger partial charge in [-0.25, -0.2) is 0 Å². The zero-order valence-corrected chi connectivity index (χ0v) is 9.66. The van der Waals surface area contributed by atoms with E-state index >= 15 is 0 Å². The van der Waals surface area contributed by atoms with E-state index in [0.29, 0.717) is 17.6 Å². The van der Waals surface area contributed by atoms with Crippen LogP contribution in [0.2, 0.25) is 0 Å². The molecule has 0 aromatic heterocycles. The highest BCUT2D eigenvalue weighted by Crippen LogP contribution is 2.35. The molecule has 2 aliphatic carbocycles. The zero-order chi connectivity index (χ0) is 11.9. The Labute approximate surface area is 94.5 Å². The Bertz CT molecular complexity index is 464. The minimum absolute atomic E-state index is 0.0369. The molecule has 0 heterocycles. The van der Waals surface area contributed by atoms with Gasteiger partial charge in [0, 0.05) is 23.1 Å². The average Bonchev–Trinajstić information content (AvgIpc) is 2.27. The second-order valence-corrected chi connectivity index (χ2v) is 4.17. The van der Waals surface area contributed by atoms with Crippen molar-refractivity contribution in [2.24, 2.45) is 5.92 Å². The highest BCUT2D eigenvalue weighted by atomic mass is 16.5. The van der Waals surface area contributed by atoms with Crippen LogP contribution in [0.25, 0.3) is 0 Å². The van der Waals surface area contributed by atoms with E-state index in [1.165, 1.54) is 13.2 Å². The molecule has 84 valence electrons. The highest BCUT2D eigenvalue weighted by Gasteiger charge is 2.33. The maximum atomic E-state index is 12.0. The number of ether oxygens (including phenoxy) is 1. The van der Waals surface area contributed by atoms with Crippen molar-refractivity contribution in [3.8, 4) is 0 Å². The molecule has 3 nitrogen and oxygen atoms in total. The van der Waals surface area contributed by atoms with Crippen LogP contribution in [0.5, 0.6) is 0 Å². The van der Waals surface area contributed by atoms with Crippen molar-refractivity contribution in [3.05, 3.63) is 34.6 Å². The second-order valence-electron chi connectivity index (χ2n) is 4.17. The van der Waals surface area contributed by atoms with Gasteiger partial charge in [-0.05, 0) is 13.3 Å². The fourth-order valence-electron chi connectivity index (χ4n) is 2.18. The van der Waals surface area contributed by atoms with Gasteiger partial charge in [-0.2, -0.15) is 0 Å². The normalized spacial score (nSPS) is 25.1. The lowest BCUT2D eigenvalue weighted by Crippen LogP contribution is -2.26. The van der Waals surface area contributed by atoms with Gasteiger partial charge in [0.15, 0.2) is 11.5 Å². The Morgan fingerprint density at radius 2 is 2.06 bits per heavy atom. The summed E-state index contributed by atoms with van der Waals surface area (Å²) in [5.41, 5.74) is 2.39. The lowest BCUT2D eigenvalue weighted by Gasteiger charge is -2.26. The number of carbonyl (C=O) groups excluding carboxylic acids is 2. The fourth-order valence-corrected chi connectivity index (χ4v) is 2.18. The number of hydrogen-bond acceptors (Lipinski definition) is 3. The van der Waals surface area contributed by atoms with Crippen molar-refractivity contribution in [1.29, 1.82) is 0 Å². The number of Topliss-reactive ketones (excluding diaryl/α,β-unsaturated/α-hetero) is 1. The fraction of sp³-hybridized carbons (Fsp3) is 0.385. The quantitative estimate of drug-likeness (QED) is 0.499. The van der Waals surface area contributed by atoms with E-state index in [2.05, 4.69) is 0 Å². The molecule has 1 unspecified atom stereocenters. The lowest BCUT2D eigenvalue weighted by atomic mass is 9.77. The van der Waals surface area contributed by atoms with Crippen LogP contribution < -0.4 is 0 Å². The van der Waals surface area contributed by atoms with Crippen molar-refractivity contribution >= 4 is 11.6 Å². The first-order chi connectivity index (χ1) is 7.56. The summed E-state index contributed by atoms with van der Waals surface area (Å²) in [7, 11) is 1.41. The number of carbonyl (C=O) groups is 2. The van der Waals surface area contributed by atoms with Crippen molar-refractivity contribution in [2.75, 3.05) is 7.11 Å². The molecule has 2 aliphatic rings. The molecule has 0 amide bonds. The zero-order valence-electron chi connectivity index (χ0n) is 9.66. The van der Waals surface area contributed by atoms with Gasteiger partial charge in [-0.15, -0.1) is 0 Å². The molecule has 0 saturated heterocycles. The third-order valence-corrected chi connectivity index (χ3v) is 3.31. The smallest absolute Gasteiger partial charge is 0.224 e. The van der Waals surface area contributed by atoms with Crippen molar-refractivity contribution in [3.63, 3.8) is 0 Å². The molecule has 2 rings (SSSR count). The molecule has 0 fully saturated rings. The van der Waals surface area contributed by atoms with E-state index in [-0.39, 0.29) is 23.2 Å². The van der Waals surface area contributed by atoms with Gasteiger partial charge in [0.25, 0.3) is 0 Å². The molecule has 0 aliphatic heterocycles. The summed E-state index contributed by atoms with van der Waals surface area (Å²) in [4.78, 5) is 23.9. The molecule has 0 spiro atoms. The molecule has 1 atom stereocenters. The maximum absolute atomic E-state index is 12.0. The predicted octanol–water partition coefficient (Wildman–Crippen LogP) is 1.95. The molecule has 16 heavy (non-hydrogen) atoms. The van der Waals surface area contributed by atoms with Gasteiger partial charge in [0.05, 0.1) is 7.11 Å². The van der Waals surface area contributed by atoms with E-state index in [1.807, 2.05) is 19.9 Å². The number of rotatable bonds is 1. The van der Waals surface area contributed by atoms with Gasteiger partial charge < -0.3 is 4.74 Å². The summed E-state index contributed by atoms with van der Waals surface area (Å²) in [6, 6.07) is 0. The van der Waals surface area contributed by atoms with E-state index < -0.39 is 0 Å². The van der Waals surface area contributed by atoms with Crippen LogP contribution >= 0.6 is 0 Å². The van der Waals surface area contributed by atoms with Crippen molar-refractivity contribution in [1.82, 2.24) is 0 Å². The molecule has 0 bridgehead atoms. The predicted molar refractivity (Wildman–Crippen MR) is 59.7 cm³/mol. The molecule has 3 heteroatoms. The van der Waals surface area contributed by atoms with Crippen LogP contribution in [0.15, 0.2) is 34.6 Å². The summed E-state index contributed by atoms with van der Waals surface area (Å²) in [5.74, 6) is -0.0436. The third-order valence-electron chi connectivity index (χ3n) is 3.31.